The minimum absolute atomic E-state index is 0.0691. The molecule has 0 radical (unpaired) electrons. The third-order valence-electron chi connectivity index (χ3n) is 2.50. The highest BCUT2D eigenvalue weighted by molar-refractivity contribution is 5.59. The summed E-state index contributed by atoms with van der Waals surface area (Å²) in [4.78, 5) is 10.6. The summed E-state index contributed by atoms with van der Waals surface area (Å²) in [5.41, 5.74) is 6.20. The topological polar surface area (TPSA) is 99.0 Å². The van der Waals surface area contributed by atoms with E-state index in [2.05, 4.69) is 10.4 Å². The van der Waals surface area contributed by atoms with Gasteiger partial charge in [-0.05, 0) is 19.8 Å². The average molecular weight is 241 g/mol. The summed E-state index contributed by atoms with van der Waals surface area (Å²) in [5.74, 6) is 0.451. The molecule has 0 aliphatic carbocycles. The first-order chi connectivity index (χ1) is 7.97. The highest BCUT2D eigenvalue weighted by Crippen LogP contribution is 2.28. The largest absolute Gasteiger partial charge is 0.364 e. The van der Waals surface area contributed by atoms with E-state index in [-0.39, 0.29) is 16.7 Å². The zero-order valence-electron chi connectivity index (χ0n) is 10.4. The number of rotatable bonds is 6. The lowest BCUT2D eigenvalue weighted by atomic mass is 10.2. The van der Waals surface area contributed by atoms with E-state index >= 15 is 0 Å². The van der Waals surface area contributed by atoms with Gasteiger partial charge in [-0.2, -0.15) is 5.10 Å². The summed E-state index contributed by atoms with van der Waals surface area (Å²) in [7, 11) is 1.69. The molecule has 17 heavy (non-hydrogen) atoms. The SMILES string of the molecule is CCc1nn(C)c(NCCC(C)N)c1[N+](=O)[O-]. The van der Waals surface area contributed by atoms with Gasteiger partial charge in [-0.25, -0.2) is 4.68 Å². The molecular formula is C10H19N5O2. The Morgan fingerprint density at radius 1 is 1.65 bits per heavy atom. The molecule has 1 atom stereocenters. The Labute approximate surface area is 100 Å². The van der Waals surface area contributed by atoms with Crippen molar-refractivity contribution >= 4 is 11.5 Å². The zero-order chi connectivity index (χ0) is 13.0. The van der Waals surface area contributed by atoms with E-state index in [0.29, 0.717) is 24.5 Å². The standard InChI is InChI=1S/C10H19N5O2/c1-4-8-9(15(16)17)10(14(3)13-8)12-6-5-7(2)11/h7,12H,4-6,11H2,1-3H3. The normalized spacial score (nSPS) is 12.5. The Hall–Kier alpha value is -1.63. The van der Waals surface area contributed by atoms with Crippen LogP contribution in [-0.2, 0) is 13.5 Å². The maximum absolute atomic E-state index is 11.0. The van der Waals surface area contributed by atoms with Crippen LogP contribution in [0, 0.1) is 10.1 Å². The number of nitrogens with zero attached hydrogens (tertiary/aromatic N) is 3. The number of nitro groups is 1. The highest BCUT2D eigenvalue weighted by Gasteiger charge is 2.25. The number of aromatic nitrogens is 2. The van der Waals surface area contributed by atoms with Crippen LogP contribution in [-0.4, -0.2) is 27.3 Å². The summed E-state index contributed by atoms with van der Waals surface area (Å²) in [6.07, 6.45) is 1.29. The summed E-state index contributed by atoms with van der Waals surface area (Å²) >= 11 is 0. The first-order valence-corrected chi connectivity index (χ1v) is 5.67. The molecule has 0 saturated heterocycles. The van der Waals surface area contributed by atoms with E-state index in [4.69, 9.17) is 5.73 Å². The van der Waals surface area contributed by atoms with Crippen LogP contribution in [0.15, 0.2) is 0 Å². The summed E-state index contributed by atoms with van der Waals surface area (Å²) < 4.78 is 1.51. The van der Waals surface area contributed by atoms with Crippen molar-refractivity contribution in [1.82, 2.24) is 9.78 Å². The van der Waals surface area contributed by atoms with Crippen molar-refractivity contribution in [3.63, 3.8) is 0 Å². The second kappa shape index (κ2) is 5.62. The van der Waals surface area contributed by atoms with Gasteiger partial charge in [-0.3, -0.25) is 10.1 Å². The molecule has 0 fully saturated rings. The first kappa shape index (κ1) is 13.4. The summed E-state index contributed by atoms with van der Waals surface area (Å²) in [6.45, 7) is 4.35. The smallest absolute Gasteiger partial charge is 0.333 e. The Bertz CT molecular complexity index is 400. The van der Waals surface area contributed by atoms with Crippen molar-refractivity contribution in [2.75, 3.05) is 11.9 Å². The Morgan fingerprint density at radius 2 is 2.29 bits per heavy atom. The molecule has 1 rings (SSSR count). The fourth-order valence-electron chi connectivity index (χ4n) is 1.61. The van der Waals surface area contributed by atoms with Crippen molar-refractivity contribution in [3.8, 4) is 0 Å². The van der Waals surface area contributed by atoms with Crippen LogP contribution in [0.1, 0.15) is 26.0 Å². The molecule has 3 N–H and O–H groups in total. The molecule has 0 aliphatic rings. The van der Waals surface area contributed by atoms with Gasteiger partial charge in [0.2, 0.25) is 5.82 Å². The fourth-order valence-corrected chi connectivity index (χ4v) is 1.61. The van der Waals surface area contributed by atoms with E-state index in [1.54, 1.807) is 7.05 Å². The van der Waals surface area contributed by atoms with Crippen molar-refractivity contribution in [1.29, 1.82) is 0 Å². The molecule has 1 unspecified atom stereocenters. The maximum Gasteiger partial charge on any atom is 0.333 e. The molecule has 0 spiro atoms. The minimum Gasteiger partial charge on any atom is -0.364 e. The van der Waals surface area contributed by atoms with Crippen LogP contribution in [0.3, 0.4) is 0 Å². The predicted molar refractivity (Wildman–Crippen MR) is 66.0 cm³/mol. The molecule has 0 saturated carbocycles. The lowest BCUT2D eigenvalue weighted by Crippen LogP contribution is -2.20. The second-order valence-electron chi connectivity index (χ2n) is 4.07. The lowest BCUT2D eigenvalue weighted by molar-refractivity contribution is -0.384. The maximum atomic E-state index is 11.0. The Kier molecular flexibility index (Phi) is 4.45. The van der Waals surface area contributed by atoms with Gasteiger partial charge in [-0.15, -0.1) is 0 Å². The molecule has 7 heteroatoms. The number of hydrogen-bond donors (Lipinski definition) is 2. The van der Waals surface area contributed by atoms with Gasteiger partial charge in [0.25, 0.3) is 0 Å². The predicted octanol–water partition coefficient (Wildman–Crippen LogP) is 1.04. The third kappa shape index (κ3) is 3.16. The van der Waals surface area contributed by atoms with Gasteiger partial charge >= 0.3 is 5.69 Å². The first-order valence-electron chi connectivity index (χ1n) is 5.67. The number of nitrogens with one attached hydrogen (secondary N) is 1. The van der Waals surface area contributed by atoms with Crippen LogP contribution < -0.4 is 11.1 Å². The van der Waals surface area contributed by atoms with Crippen molar-refractivity contribution < 1.29 is 4.92 Å². The molecule has 0 aliphatic heterocycles. The third-order valence-corrected chi connectivity index (χ3v) is 2.50. The number of aryl methyl sites for hydroxylation is 2. The van der Waals surface area contributed by atoms with E-state index in [1.165, 1.54) is 4.68 Å². The van der Waals surface area contributed by atoms with E-state index in [9.17, 15) is 10.1 Å². The van der Waals surface area contributed by atoms with Crippen LogP contribution >= 0.6 is 0 Å². The van der Waals surface area contributed by atoms with Crippen molar-refractivity contribution in [3.05, 3.63) is 15.8 Å². The molecule has 96 valence electrons. The van der Waals surface area contributed by atoms with E-state index in [0.717, 1.165) is 6.42 Å². The van der Waals surface area contributed by atoms with E-state index in [1.807, 2.05) is 13.8 Å². The molecule has 1 aromatic heterocycles. The summed E-state index contributed by atoms with van der Waals surface area (Å²) in [5, 5.41) is 18.2. The highest BCUT2D eigenvalue weighted by atomic mass is 16.6. The van der Waals surface area contributed by atoms with Crippen LogP contribution in [0.4, 0.5) is 11.5 Å². The molecule has 7 nitrogen and oxygen atoms in total. The van der Waals surface area contributed by atoms with Gasteiger partial charge < -0.3 is 11.1 Å². The van der Waals surface area contributed by atoms with Crippen molar-refractivity contribution in [2.45, 2.75) is 32.7 Å². The molecule has 1 heterocycles. The van der Waals surface area contributed by atoms with Gasteiger partial charge in [0.1, 0.15) is 5.69 Å². The monoisotopic (exact) mass is 241 g/mol. The van der Waals surface area contributed by atoms with Gasteiger partial charge in [-0.1, -0.05) is 6.92 Å². The zero-order valence-corrected chi connectivity index (χ0v) is 10.4. The van der Waals surface area contributed by atoms with Gasteiger partial charge in [0.05, 0.1) is 4.92 Å². The Balaban J connectivity index is 2.89. The number of nitrogens with two attached hydrogens (primary N) is 1. The van der Waals surface area contributed by atoms with Gasteiger partial charge in [0, 0.05) is 19.6 Å². The average Bonchev–Trinajstić information content (AvgIpc) is 2.55. The quantitative estimate of drug-likeness (QED) is 0.572. The second-order valence-corrected chi connectivity index (χ2v) is 4.07. The molecule has 0 aromatic carbocycles. The van der Waals surface area contributed by atoms with Crippen LogP contribution in [0.2, 0.25) is 0 Å². The molecular weight excluding hydrogens is 222 g/mol. The van der Waals surface area contributed by atoms with E-state index < -0.39 is 0 Å². The van der Waals surface area contributed by atoms with Crippen LogP contribution in [0.5, 0.6) is 0 Å². The van der Waals surface area contributed by atoms with Gasteiger partial charge in [0.15, 0.2) is 0 Å². The number of anilines is 1. The molecule has 0 amide bonds. The molecule has 0 bridgehead atoms. The Morgan fingerprint density at radius 3 is 2.76 bits per heavy atom. The van der Waals surface area contributed by atoms with Crippen LogP contribution in [0.25, 0.3) is 0 Å². The number of hydrogen-bond acceptors (Lipinski definition) is 5. The summed E-state index contributed by atoms with van der Waals surface area (Å²) in [6, 6.07) is 0.0698. The lowest BCUT2D eigenvalue weighted by Gasteiger charge is -2.07. The minimum atomic E-state index is -0.389. The molecule has 1 aromatic rings. The van der Waals surface area contributed by atoms with Crippen molar-refractivity contribution in [2.24, 2.45) is 12.8 Å². The fraction of sp³-hybridized carbons (Fsp3) is 0.700.